The average molecular weight is 283 g/mol. The van der Waals surface area contributed by atoms with Crippen LogP contribution in [0.3, 0.4) is 0 Å². The van der Waals surface area contributed by atoms with Gasteiger partial charge in [-0.2, -0.15) is 13.2 Å². The van der Waals surface area contributed by atoms with Crippen LogP contribution >= 0.6 is 0 Å². The number of benzene rings is 1. The fraction of sp³-hybridized carbons (Fsp3) is 0.333. The van der Waals surface area contributed by atoms with Gasteiger partial charge in [-0.1, -0.05) is 19.1 Å². The van der Waals surface area contributed by atoms with Gasteiger partial charge in [-0.3, -0.25) is 0 Å². The van der Waals surface area contributed by atoms with Gasteiger partial charge in [-0.25, -0.2) is 0 Å². The molecule has 2 rings (SSSR count). The van der Waals surface area contributed by atoms with Crippen LogP contribution in [-0.2, 0) is 12.6 Å². The molecule has 1 atom stereocenters. The van der Waals surface area contributed by atoms with Crippen molar-refractivity contribution in [2.75, 3.05) is 0 Å². The summed E-state index contributed by atoms with van der Waals surface area (Å²) < 4.78 is 43.5. The van der Waals surface area contributed by atoms with Crippen molar-refractivity contribution >= 4 is 0 Å². The summed E-state index contributed by atoms with van der Waals surface area (Å²) in [6.07, 6.45) is -2.95. The van der Waals surface area contributed by atoms with Crippen molar-refractivity contribution in [1.29, 1.82) is 0 Å². The highest BCUT2D eigenvalue weighted by atomic mass is 19.4. The first-order valence-electron chi connectivity index (χ1n) is 6.42. The first-order chi connectivity index (χ1) is 9.40. The van der Waals surface area contributed by atoms with Gasteiger partial charge in [-0.05, 0) is 30.7 Å². The fourth-order valence-corrected chi connectivity index (χ4v) is 1.89. The van der Waals surface area contributed by atoms with Crippen molar-refractivity contribution in [3.63, 3.8) is 0 Å². The monoisotopic (exact) mass is 283 g/mol. The molecule has 0 bridgehead atoms. The number of hydrogen-bond acceptors (Lipinski definition) is 2. The second-order valence-electron chi connectivity index (χ2n) is 4.72. The Kier molecular flexibility index (Phi) is 4.18. The molecule has 1 unspecified atom stereocenters. The summed E-state index contributed by atoms with van der Waals surface area (Å²) in [6, 6.07) is 8.52. The summed E-state index contributed by atoms with van der Waals surface area (Å²) in [5.41, 5.74) is 5.56. The Balaban J connectivity index is 2.24. The molecule has 0 radical (unpaired) electrons. The maximum atomic E-state index is 12.7. The van der Waals surface area contributed by atoms with E-state index in [1.54, 1.807) is 18.2 Å². The minimum atomic E-state index is -4.35. The van der Waals surface area contributed by atoms with Crippen molar-refractivity contribution in [2.24, 2.45) is 5.73 Å². The molecule has 2 aromatic rings. The SMILES string of the molecule is CCC(N)Cc1ccc(-c2cccc(C(F)(F)F)c2)o1. The smallest absolute Gasteiger partial charge is 0.416 e. The molecule has 1 heterocycles. The molecule has 0 amide bonds. The summed E-state index contributed by atoms with van der Waals surface area (Å²) in [5.74, 6) is 1.11. The van der Waals surface area contributed by atoms with Crippen LogP contribution in [-0.4, -0.2) is 6.04 Å². The lowest BCUT2D eigenvalue weighted by Crippen LogP contribution is -2.20. The number of furan rings is 1. The van der Waals surface area contributed by atoms with E-state index in [1.807, 2.05) is 6.92 Å². The Morgan fingerprint density at radius 3 is 2.60 bits per heavy atom. The molecule has 1 aromatic heterocycles. The lowest BCUT2D eigenvalue weighted by molar-refractivity contribution is -0.137. The van der Waals surface area contributed by atoms with E-state index in [9.17, 15) is 13.2 Å². The van der Waals surface area contributed by atoms with Gasteiger partial charge in [0.05, 0.1) is 5.56 Å². The molecule has 0 saturated heterocycles. The molecule has 2 N–H and O–H groups in total. The topological polar surface area (TPSA) is 39.2 Å². The van der Waals surface area contributed by atoms with Crippen LogP contribution in [0.4, 0.5) is 13.2 Å². The van der Waals surface area contributed by atoms with Gasteiger partial charge in [0.15, 0.2) is 0 Å². The number of alkyl halides is 3. The molecule has 0 aliphatic carbocycles. The number of halogens is 3. The minimum absolute atomic E-state index is 0.00416. The minimum Gasteiger partial charge on any atom is -0.461 e. The predicted molar refractivity (Wildman–Crippen MR) is 71.1 cm³/mol. The second-order valence-corrected chi connectivity index (χ2v) is 4.72. The molecular formula is C15H16F3NO. The molecule has 5 heteroatoms. The Morgan fingerprint density at radius 2 is 1.95 bits per heavy atom. The van der Waals surface area contributed by atoms with E-state index in [0.717, 1.165) is 18.6 Å². The summed E-state index contributed by atoms with van der Waals surface area (Å²) in [6.45, 7) is 1.97. The molecule has 0 saturated carbocycles. The summed E-state index contributed by atoms with van der Waals surface area (Å²) in [5, 5.41) is 0. The quantitative estimate of drug-likeness (QED) is 0.911. The largest absolute Gasteiger partial charge is 0.461 e. The predicted octanol–water partition coefficient (Wildman–Crippen LogP) is 4.25. The van der Waals surface area contributed by atoms with Gasteiger partial charge in [0, 0.05) is 18.0 Å². The summed E-state index contributed by atoms with van der Waals surface area (Å²) in [4.78, 5) is 0. The lowest BCUT2D eigenvalue weighted by Gasteiger charge is -2.08. The van der Waals surface area contributed by atoms with E-state index in [0.29, 0.717) is 23.5 Å². The normalized spacial score (nSPS) is 13.4. The molecule has 0 spiro atoms. The molecule has 20 heavy (non-hydrogen) atoms. The van der Waals surface area contributed by atoms with Gasteiger partial charge in [0.1, 0.15) is 11.5 Å². The Bertz CT molecular complexity index is 574. The van der Waals surface area contributed by atoms with Gasteiger partial charge in [0.2, 0.25) is 0 Å². The van der Waals surface area contributed by atoms with Crippen LogP contribution in [0.1, 0.15) is 24.7 Å². The molecule has 0 aliphatic heterocycles. The zero-order chi connectivity index (χ0) is 14.8. The van der Waals surface area contributed by atoms with Crippen LogP contribution in [0.25, 0.3) is 11.3 Å². The Labute approximate surface area is 115 Å². The summed E-state index contributed by atoms with van der Waals surface area (Å²) in [7, 11) is 0. The highest BCUT2D eigenvalue weighted by Crippen LogP contribution is 2.32. The van der Waals surface area contributed by atoms with Crippen molar-refractivity contribution in [2.45, 2.75) is 32.0 Å². The number of nitrogens with two attached hydrogens (primary N) is 1. The van der Waals surface area contributed by atoms with Crippen molar-refractivity contribution in [1.82, 2.24) is 0 Å². The number of hydrogen-bond donors (Lipinski definition) is 1. The molecule has 0 aliphatic rings. The van der Waals surface area contributed by atoms with Crippen LogP contribution in [0.5, 0.6) is 0 Å². The third-order valence-corrected chi connectivity index (χ3v) is 3.12. The van der Waals surface area contributed by atoms with Crippen LogP contribution < -0.4 is 5.73 Å². The van der Waals surface area contributed by atoms with E-state index < -0.39 is 11.7 Å². The highest BCUT2D eigenvalue weighted by Gasteiger charge is 2.30. The average Bonchev–Trinajstić information content (AvgIpc) is 2.86. The third-order valence-electron chi connectivity index (χ3n) is 3.12. The van der Waals surface area contributed by atoms with E-state index in [-0.39, 0.29) is 6.04 Å². The van der Waals surface area contributed by atoms with Gasteiger partial charge < -0.3 is 10.2 Å². The van der Waals surface area contributed by atoms with Crippen LogP contribution in [0.15, 0.2) is 40.8 Å². The molecule has 108 valence electrons. The first-order valence-corrected chi connectivity index (χ1v) is 6.42. The standard InChI is InChI=1S/C15H16F3NO/c1-2-12(19)9-13-6-7-14(20-13)10-4-3-5-11(8-10)15(16,17)18/h3-8,12H,2,9,19H2,1H3. The van der Waals surface area contributed by atoms with E-state index >= 15 is 0 Å². The van der Waals surface area contributed by atoms with Gasteiger partial charge in [0.25, 0.3) is 0 Å². The molecule has 2 nitrogen and oxygen atoms in total. The molecular weight excluding hydrogens is 267 g/mol. The van der Waals surface area contributed by atoms with Crippen molar-refractivity contribution in [3.05, 3.63) is 47.7 Å². The van der Waals surface area contributed by atoms with E-state index in [1.165, 1.54) is 6.07 Å². The van der Waals surface area contributed by atoms with Crippen molar-refractivity contribution in [3.8, 4) is 11.3 Å². The zero-order valence-electron chi connectivity index (χ0n) is 11.1. The third kappa shape index (κ3) is 3.42. The highest BCUT2D eigenvalue weighted by molar-refractivity contribution is 5.58. The molecule has 1 aromatic carbocycles. The first kappa shape index (κ1) is 14.7. The fourth-order valence-electron chi connectivity index (χ4n) is 1.89. The maximum absolute atomic E-state index is 12.7. The lowest BCUT2D eigenvalue weighted by atomic mass is 10.1. The molecule has 0 fully saturated rings. The second kappa shape index (κ2) is 5.71. The van der Waals surface area contributed by atoms with E-state index in [4.69, 9.17) is 10.2 Å². The Hall–Kier alpha value is -1.75. The summed E-state index contributed by atoms with van der Waals surface area (Å²) >= 11 is 0. The van der Waals surface area contributed by atoms with Crippen molar-refractivity contribution < 1.29 is 17.6 Å². The van der Waals surface area contributed by atoms with E-state index in [2.05, 4.69) is 0 Å². The maximum Gasteiger partial charge on any atom is 0.416 e. The zero-order valence-corrected chi connectivity index (χ0v) is 11.1. The van der Waals surface area contributed by atoms with Crippen LogP contribution in [0, 0.1) is 0 Å². The number of rotatable bonds is 4. The van der Waals surface area contributed by atoms with Gasteiger partial charge >= 0.3 is 6.18 Å². The van der Waals surface area contributed by atoms with Gasteiger partial charge in [-0.15, -0.1) is 0 Å². The Morgan fingerprint density at radius 1 is 1.20 bits per heavy atom. The van der Waals surface area contributed by atoms with Crippen LogP contribution in [0.2, 0.25) is 0 Å².